The van der Waals surface area contributed by atoms with Gasteiger partial charge in [0.15, 0.2) is 0 Å². The van der Waals surface area contributed by atoms with Gasteiger partial charge in [0, 0.05) is 0 Å². The molecule has 0 bridgehead atoms. The Balaban J connectivity index is 2.60. The van der Waals surface area contributed by atoms with Crippen molar-refractivity contribution < 1.29 is 9.90 Å². The van der Waals surface area contributed by atoms with Gasteiger partial charge >= 0.3 is 0 Å². The second-order valence-electron chi connectivity index (χ2n) is 4.32. The Labute approximate surface area is 93.4 Å². The van der Waals surface area contributed by atoms with Gasteiger partial charge in [-0.3, -0.25) is 4.79 Å². The first-order chi connectivity index (χ1) is 6.62. The van der Waals surface area contributed by atoms with Crippen LogP contribution in [0.1, 0.15) is 32.6 Å². The van der Waals surface area contributed by atoms with E-state index in [0.717, 1.165) is 19.3 Å². The number of alkyl halides is 1. The van der Waals surface area contributed by atoms with Crippen LogP contribution in [-0.4, -0.2) is 28.5 Å². The Kier molecular flexibility index (Phi) is 4.38. The standard InChI is InChI=1S/C10H18BrNO2/c1-8-3-2-4-10(5-8,7-13)12-9(14)6-11/h8,13H,2-7H2,1H3,(H,12,14). The average Bonchev–Trinajstić information content (AvgIpc) is 2.17. The molecule has 0 aromatic heterocycles. The summed E-state index contributed by atoms with van der Waals surface area (Å²) < 4.78 is 0. The molecule has 0 radical (unpaired) electrons. The highest BCUT2D eigenvalue weighted by Crippen LogP contribution is 2.31. The van der Waals surface area contributed by atoms with Gasteiger partial charge in [-0.2, -0.15) is 0 Å². The molecule has 0 heterocycles. The summed E-state index contributed by atoms with van der Waals surface area (Å²) in [6.07, 6.45) is 4.07. The van der Waals surface area contributed by atoms with E-state index in [-0.39, 0.29) is 18.1 Å². The lowest BCUT2D eigenvalue weighted by atomic mass is 9.77. The lowest BCUT2D eigenvalue weighted by Gasteiger charge is -2.39. The van der Waals surface area contributed by atoms with Crippen molar-refractivity contribution in [3.05, 3.63) is 0 Å². The lowest BCUT2D eigenvalue weighted by Crippen LogP contribution is -2.54. The van der Waals surface area contributed by atoms with E-state index in [1.807, 2.05) is 0 Å². The molecule has 0 saturated heterocycles. The fourth-order valence-electron chi connectivity index (χ4n) is 2.29. The summed E-state index contributed by atoms with van der Waals surface area (Å²) in [4.78, 5) is 11.3. The van der Waals surface area contributed by atoms with Crippen LogP contribution in [0.3, 0.4) is 0 Å². The molecule has 1 aliphatic carbocycles. The van der Waals surface area contributed by atoms with E-state index < -0.39 is 0 Å². The average molecular weight is 264 g/mol. The van der Waals surface area contributed by atoms with Gasteiger partial charge in [-0.1, -0.05) is 35.7 Å². The molecule has 3 nitrogen and oxygen atoms in total. The van der Waals surface area contributed by atoms with E-state index >= 15 is 0 Å². The van der Waals surface area contributed by atoms with Gasteiger partial charge < -0.3 is 10.4 Å². The zero-order chi connectivity index (χ0) is 10.6. The Morgan fingerprint density at radius 3 is 2.93 bits per heavy atom. The second kappa shape index (κ2) is 5.12. The molecular weight excluding hydrogens is 246 g/mol. The van der Waals surface area contributed by atoms with E-state index in [1.165, 1.54) is 6.42 Å². The molecule has 1 amide bonds. The van der Waals surface area contributed by atoms with Gasteiger partial charge in [0.05, 0.1) is 17.5 Å². The molecule has 2 atom stereocenters. The first-order valence-corrected chi connectivity index (χ1v) is 6.22. The molecule has 0 aromatic rings. The first-order valence-electron chi connectivity index (χ1n) is 5.10. The van der Waals surface area contributed by atoms with Crippen molar-refractivity contribution >= 4 is 21.8 Å². The van der Waals surface area contributed by atoms with Crippen LogP contribution in [0.5, 0.6) is 0 Å². The predicted molar refractivity (Wildman–Crippen MR) is 59.4 cm³/mol. The summed E-state index contributed by atoms with van der Waals surface area (Å²) in [6, 6.07) is 0. The Morgan fingerprint density at radius 1 is 1.71 bits per heavy atom. The summed E-state index contributed by atoms with van der Waals surface area (Å²) in [5.74, 6) is 0.555. The summed E-state index contributed by atoms with van der Waals surface area (Å²) in [7, 11) is 0. The fourth-order valence-corrected chi connectivity index (χ4v) is 2.43. The molecule has 1 rings (SSSR count). The molecule has 0 aromatic carbocycles. The number of aliphatic hydroxyl groups is 1. The number of carbonyl (C=O) groups excluding carboxylic acids is 1. The first kappa shape index (κ1) is 12.0. The number of nitrogens with one attached hydrogen (secondary N) is 1. The SMILES string of the molecule is CC1CCCC(CO)(NC(=O)CBr)C1. The van der Waals surface area contributed by atoms with Crippen LogP contribution in [0.4, 0.5) is 0 Å². The maximum atomic E-state index is 11.3. The molecular formula is C10H18BrNO2. The van der Waals surface area contributed by atoms with E-state index in [9.17, 15) is 9.90 Å². The number of aliphatic hydroxyl groups excluding tert-OH is 1. The number of rotatable bonds is 3. The highest BCUT2D eigenvalue weighted by atomic mass is 79.9. The number of hydrogen-bond donors (Lipinski definition) is 2. The Morgan fingerprint density at radius 2 is 2.43 bits per heavy atom. The monoisotopic (exact) mass is 263 g/mol. The van der Waals surface area contributed by atoms with Crippen molar-refractivity contribution in [1.82, 2.24) is 5.32 Å². The molecule has 14 heavy (non-hydrogen) atoms. The highest BCUT2D eigenvalue weighted by molar-refractivity contribution is 9.09. The van der Waals surface area contributed by atoms with E-state index in [2.05, 4.69) is 28.2 Å². The largest absolute Gasteiger partial charge is 0.394 e. The molecule has 1 aliphatic rings. The number of halogens is 1. The van der Waals surface area contributed by atoms with Crippen molar-refractivity contribution in [2.45, 2.75) is 38.1 Å². The summed E-state index contributed by atoms with van der Waals surface area (Å²) in [5.41, 5.74) is -0.359. The molecule has 4 heteroatoms. The maximum Gasteiger partial charge on any atom is 0.231 e. The van der Waals surface area contributed by atoms with Gasteiger partial charge in [0.1, 0.15) is 0 Å². The molecule has 0 spiro atoms. The maximum absolute atomic E-state index is 11.3. The molecule has 82 valence electrons. The third kappa shape index (κ3) is 2.95. The van der Waals surface area contributed by atoms with Crippen molar-refractivity contribution in [2.24, 2.45) is 5.92 Å². The van der Waals surface area contributed by atoms with Crippen molar-refractivity contribution in [1.29, 1.82) is 0 Å². The minimum atomic E-state index is -0.359. The summed E-state index contributed by atoms with van der Waals surface area (Å²) >= 11 is 3.12. The van der Waals surface area contributed by atoms with Gasteiger partial charge in [-0.05, 0) is 18.8 Å². The number of hydrogen-bond acceptors (Lipinski definition) is 2. The fraction of sp³-hybridized carbons (Fsp3) is 0.900. The van der Waals surface area contributed by atoms with E-state index in [1.54, 1.807) is 0 Å². The minimum Gasteiger partial charge on any atom is -0.394 e. The molecule has 0 aliphatic heterocycles. The number of amides is 1. The quantitative estimate of drug-likeness (QED) is 0.758. The van der Waals surface area contributed by atoms with Crippen molar-refractivity contribution in [3.8, 4) is 0 Å². The van der Waals surface area contributed by atoms with Gasteiger partial charge in [0.2, 0.25) is 5.91 Å². The van der Waals surface area contributed by atoms with Gasteiger partial charge in [0.25, 0.3) is 0 Å². The Hall–Kier alpha value is -0.0900. The zero-order valence-electron chi connectivity index (χ0n) is 8.55. The van der Waals surface area contributed by atoms with Crippen LogP contribution in [0.15, 0.2) is 0 Å². The van der Waals surface area contributed by atoms with Crippen molar-refractivity contribution in [2.75, 3.05) is 11.9 Å². The van der Waals surface area contributed by atoms with Gasteiger partial charge in [-0.15, -0.1) is 0 Å². The predicted octanol–water partition coefficient (Wildman–Crippen LogP) is 1.44. The third-order valence-electron chi connectivity index (χ3n) is 2.92. The smallest absolute Gasteiger partial charge is 0.231 e. The topological polar surface area (TPSA) is 49.3 Å². The third-order valence-corrected chi connectivity index (χ3v) is 3.43. The van der Waals surface area contributed by atoms with E-state index in [0.29, 0.717) is 11.2 Å². The second-order valence-corrected chi connectivity index (χ2v) is 4.88. The molecule has 2 unspecified atom stereocenters. The normalized spacial score (nSPS) is 32.6. The molecule has 2 N–H and O–H groups in total. The highest BCUT2D eigenvalue weighted by Gasteiger charge is 2.35. The summed E-state index contributed by atoms with van der Waals surface area (Å²) in [5, 5.41) is 12.6. The van der Waals surface area contributed by atoms with Crippen LogP contribution >= 0.6 is 15.9 Å². The molecule has 1 saturated carbocycles. The molecule has 1 fully saturated rings. The zero-order valence-corrected chi connectivity index (χ0v) is 10.1. The lowest BCUT2D eigenvalue weighted by molar-refractivity contribution is -0.121. The Bertz CT molecular complexity index is 210. The van der Waals surface area contributed by atoms with Crippen LogP contribution in [0.25, 0.3) is 0 Å². The van der Waals surface area contributed by atoms with Crippen LogP contribution in [-0.2, 0) is 4.79 Å². The van der Waals surface area contributed by atoms with Crippen LogP contribution in [0.2, 0.25) is 0 Å². The van der Waals surface area contributed by atoms with Crippen molar-refractivity contribution in [3.63, 3.8) is 0 Å². The summed E-state index contributed by atoms with van der Waals surface area (Å²) in [6.45, 7) is 2.22. The van der Waals surface area contributed by atoms with Crippen LogP contribution < -0.4 is 5.32 Å². The van der Waals surface area contributed by atoms with Crippen LogP contribution in [0, 0.1) is 5.92 Å². The van der Waals surface area contributed by atoms with E-state index in [4.69, 9.17) is 0 Å². The van der Waals surface area contributed by atoms with Gasteiger partial charge in [-0.25, -0.2) is 0 Å². The minimum absolute atomic E-state index is 0.0341. The number of carbonyl (C=O) groups is 1.